The van der Waals surface area contributed by atoms with Crippen molar-refractivity contribution in [3.63, 3.8) is 0 Å². The Morgan fingerprint density at radius 2 is 2.24 bits per heavy atom. The molecule has 0 atom stereocenters. The van der Waals surface area contributed by atoms with Crippen molar-refractivity contribution in [2.24, 2.45) is 0 Å². The third-order valence-electron chi connectivity index (χ3n) is 2.35. The monoisotopic (exact) mass is 281 g/mol. The Labute approximate surface area is 111 Å². The Bertz CT molecular complexity index is 647. The van der Waals surface area contributed by atoms with Gasteiger partial charge in [-0.15, -0.1) is 11.3 Å². The number of hydrogen-bond acceptors (Lipinski definition) is 5. The van der Waals surface area contributed by atoms with Crippen LogP contribution in [-0.4, -0.2) is 9.36 Å². The van der Waals surface area contributed by atoms with E-state index in [4.69, 9.17) is 11.6 Å². The van der Waals surface area contributed by atoms with Crippen molar-refractivity contribution in [1.82, 2.24) is 9.36 Å². The highest BCUT2D eigenvalue weighted by molar-refractivity contribution is 7.15. The highest BCUT2D eigenvalue weighted by Crippen LogP contribution is 2.26. The van der Waals surface area contributed by atoms with E-state index in [1.165, 1.54) is 27.6 Å². The van der Waals surface area contributed by atoms with Gasteiger partial charge in [-0.3, -0.25) is 0 Å². The van der Waals surface area contributed by atoms with Gasteiger partial charge in [-0.05, 0) is 23.7 Å². The zero-order valence-electron chi connectivity index (χ0n) is 8.68. The highest BCUT2D eigenvalue weighted by atomic mass is 35.5. The average molecular weight is 282 g/mol. The number of fused-ring (bicyclic) bond motifs is 1. The lowest BCUT2D eigenvalue weighted by Crippen LogP contribution is -1.98. The Hall–Kier alpha value is -1.17. The van der Waals surface area contributed by atoms with E-state index in [-0.39, 0.29) is 0 Å². The molecule has 3 aromatic rings. The van der Waals surface area contributed by atoms with Gasteiger partial charge in [0.1, 0.15) is 9.34 Å². The molecule has 0 amide bonds. The van der Waals surface area contributed by atoms with Crippen LogP contribution in [0.5, 0.6) is 0 Å². The van der Waals surface area contributed by atoms with Crippen molar-refractivity contribution in [3.8, 4) is 0 Å². The van der Waals surface area contributed by atoms with E-state index in [9.17, 15) is 0 Å². The normalized spacial score (nSPS) is 10.9. The van der Waals surface area contributed by atoms with Crippen LogP contribution in [0.3, 0.4) is 0 Å². The first-order chi connectivity index (χ1) is 8.33. The molecule has 6 heteroatoms. The largest absolute Gasteiger partial charge is 0.378 e. The molecule has 0 radical (unpaired) electrons. The molecular formula is C11H8ClN3S2. The number of thiazole rings is 1. The summed E-state index contributed by atoms with van der Waals surface area (Å²) in [6, 6.07) is 6.14. The first kappa shape index (κ1) is 11.0. The summed E-state index contributed by atoms with van der Waals surface area (Å²) in [5.41, 5.74) is 1.09. The Morgan fingerprint density at radius 1 is 1.29 bits per heavy atom. The van der Waals surface area contributed by atoms with Gasteiger partial charge in [0.15, 0.2) is 0 Å². The van der Waals surface area contributed by atoms with Gasteiger partial charge in [-0.1, -0.05) is 17.7 Å². The minimum absolute atomic E-state index is 0.687. The molecule has 0 unspecified atom stereocenters. The van der Waals surface area contributed by atoms with Gasteiger partial charge < -0.3 is 5.32 Å². The first-order valence-electron chi connectivity index (χ1n) is 5.00. The van der Waals surface area contributed by atoms with Crippen LogP contribution in [0.25, 0.3) is 10.1 Å². The third-order valence-corrected chi connectivity index (χ3v) is 4.23. The lowest BCUT2D eigenvalue weighted by atomic mass is 10.2. The molecule has 0 saturated carbocycles. The van der Waals surface area contributed by atoms with Crippen LogP contribution in [0.1, 0.15) is 5.01 Å². The van der Waals surface area contributed by atoms with Gasteiger partial charge in [-0.25, -0.2) is 4.98 Å². The highest BCUT2D eigenvalue weighted by Gasteiger charge is 2.04. The fourth-order valence-corrected chi connectivity index (χ4v) is 3.16. The number of nitrogens with one attached hydrogen (secondary N) is 1. The number of hydrogen-bond donors (Lipinski definition) is 1. The molecule has 1 aromatic carbocycles. The minimum Gasteiger partial charge on any atom is -0.378 e. The number of aromatic nitrogens is 2. The fourth-order valence-electron chi connectivity index (χ4n) is 1.59. The predicted octanol–water partition coefficient (Wildman–Crippen LogP) is 4.02. The van der Waals surface area contributed by atoms with Crippen LogP contribution < -0.4 is 5.32 Å². The summed E-state index contributed by atoms with van der Waals surface area (Å²) in [4.78, 5) is 4.21. The zero-order chi connectivity index (χ0) is 11.7. The van der Waals surface area contributed by atoms with Gasteiger partial charge in [-0.2, -0.15) is 4.37 Å². The molecule has 86 valence electrons. The molecule has 3 rings (SSSR count). The summed E-state index contributed by atoms with van der Waals surface area (Å²) in [6.45, 7) is 0.687. The Kier molecular flexibility index (Phi) is 2.96. The molecule has 2 aromatic heterocycles. The average Bonchev–Trinajstić information content (AvgIpc) is 2.94. The summed E-state index contributed by atoms with van der Waals surface area (Å²) < 4.78 is 6.10. The molecule has 0 spiro atoms. The van der Waals surface area contributed by atoms with E-state index in [1.807, 2.05) is 18.3 Å². The van der Waals surface area contributed by atoms with Crippen molar-refractivity contribution in [3.05, 3.63) is 39.9 Å². The van der Waals surface area contributed by atoms with Gasteiger partial charge in [0, 0.05) is 11.1 Å². The molecule has 0 aliphatic heterocycles. The summed E-state index contributed by atoms with van der Waals surface area (Å²) in [7, 11) is 0. The summed E-state index contributed by atoms with van der Waals surface area (Å²) >= 11 is 8.84. The number of rotatable bonds is 3. The van der Waals surface area contributed by atoms with Crippen LogP contribution in [0.2, 0.25) is 4.34 Å². The summed E-state index contributed by atoms with van der Waals surface area (Å²) in [5, 5.41) is 5.49. The van der Waals surface area contributed by atoms with E-state index < -0.39 is 0 Å². The molecule has 0 saturated heterocycles. The molecule has 1 N–H and O–H groups in total. The molecule has 0 aliphatic carbocycles. The Balaban J connectivity index is 1.83. The molecule has 3 nitrogen and oxygen atoms in total. The van der Waals surface area contributed by atoms with Crippen molar-refractivity contribution >= 4 is 50.2 Å². The number of halogens is 1. The fraction of sp³-hybridized carbons (Fsp3) is 0.0909. The first-order valence-corrected chi connectivity index (χ1v) is 6.97. The van der Waals surface area contributed by atoms with E-state index in [0.29, 0.717) is 6.54 Å². The lowest BCUT2D eigenvalue weighted by Gasteiger charge is -2.04. The van der Waals surface area contributed by atoms with Gasteiger partial charge in [0.25, 0.3) is 0 Å². The second kappa shape index (κ2) is 4.60. The lowest BCUT2D eigenvalue weighted by molar-refractivity contribution is 1.11. The second-order valence-corrected chi connectivity index (χ2v) is 6.03. The Morgan fingerprint density at radius 3 is 3.06 bits per heavy atom. The van der Waals surface area contributed by atoms with Gasteiger partial charge in [0.05, 0.1) is 23.6 Å². The zero-order valence-corrected chi connectivity index (χ0v) is 11.1. The van der Waals surface area contributed by atoms with Crippen LogP contribution in [0.15, 0.2) is 30.6 Å². The molecule has 2 heterocycles. The minimum atomic E-state index is 0.687. The van der Waals surface area contributed by atoms with Gasteiger partial charge >= 0.3 is 0 Å². The van der Waals surface area contributed by atoms with E-state index in [1.54, 1.807) is 6.20 Å². The molecule has 0 bridgehead atoms. The smallest absolute Gasteiger partial charge is 0.113 e. The van der Waals surface area contributed by atoms with Crippen LogP contribution in [0.4, 0.5) is 5.69 Å². The number of nitrogens with zero attached hydrogens (tertiary/aromatic N) is 2. The maximum Gasteiger partial charge on any atom is 0.113 e. The molecule has 0 aliphatic rings. The maximum atomic E-state index is 5.84. The van der Waals surface area contributed by atoms with Crippen LogP contribution >= 0.6 is 34.5 Å². The van der Waals surface area contributed by atoms with E-state index in [2.05, 4.69) is 20.7 Å². The second-order valence-electron chi connectivity index (χ2n) is 3.45. The molecule has 17 heavy (non-hydrogen) atoms. The standard InChI is InChI=1S/C11H8ClN3S2/c12-10-5-14-11(16-10)6-13-8-2-1-3-9-7(8)4-15-17-9/h1-5,13H,6H2. The maximum absolute atomic E-state index is 5.84. The molecular weight excluding hydrogens is 274 g/mol. The number of anilines is 1. The van der Waals surface area contributed by atoms with Crippen LogP contribution in [0, 0.1) is 0 Å². The van der Waals surface area contributed by atoms with Crippen molar-refractivity contribution < 1.29 is 0 Å². The van der Waals surface area contributed by atoms with E-state index in [0.717, 1.165) is 20.4 Å². The van der Waals surface area contributed by atoms with Crippen molar-refractivity contribution in [1.29, 1.82) is 0 Å². The summed E-state index contributed by atoms with van der Waals surface area (Å²) in [6.07, 6.45) is 3.56. The quantitative estimate of drug-likeness (QED) is 0.788. The van der Waals surface area contributed by atoms with Crippen LogP contribution in [-0.2, 0) is 6.54 Å². The van der Waals surface area contributed by atoms with E-state index >= 15 is 0 Å². The third kappa shape index (κ3) is 2.26. The SMILES string of the molecule is Clc1cnc(CNc2cccc3sncc23)s1. The molecule has 0 fully saturated rings. The topological polar surface area (TPSA) is 37.8 Å². The van der Waals surface area contributed by atoms with Gasteiger partial charge in [0.2, 0.25) is 0 Å². The summed E-state index contributed by atoms with van der Waals surface area (Å²) in [5.74, 6) is 0. The van der Waals surface area contributed by atoms with Crippen molar-refractivity contribution in [2.45, 2.75) is 6.54 Å². The van der Waals surface area contributed by atoms with Crippen molar-refractivity contribution in [2.75, 3.05) is 5.32 Å². The predicted molar refractivity (Wildman–Crippen MR) is 74.1 cm³/mol. The number of benzene rings is 1.